The van der Waals surface area contributed by atoms with Crippen LogP contribution in [0, 0.1) is 0 Å². The summed E-state index contributed by atoms with van der Waals surface area (Å²) in [6, 6.07) is 13.5. The molecule has 1 aromatic carbocycles. The number of aromatic nitrogens is 1. The smallest absolute Gasteiger partial charge is 0.271 e. The highest BCUT2D eigenvalue weighted by Gasteiger charge is 2.13. The number of carbonyl (C=O) groups is 1. The van der Waals surface area contributed by atoms with Gasteiger partial charge in [0.15, 0.2) is 5.69 Å². The van der Waals surface area contributed by atoms with Crippen LogP contribution in [0.15, 0.2) is 47.4 Å². The van der Waals surface area contributed by atoms with Gasteiger partial charge >= 0.3 is 0 Å². The van der Waals surface area contributed by atoms with E-state index < -0.39 is 0 Å². The van der Waals surface area contributed by atoms with E-state index in [1.54, 1.807) is 23.9 Å². The van der Waals surface area contributed by atoms with Crippen molar-refractivity contribution in [2.45, 2.75) is 18.2 Å². The first-order valence-electron chi connectivity index (χ1n) is 7.46. The first kappa shape index (κ1) is 17.6. The molecule has 4 nitrogen and oxygen atoms in total. The standard InChI is InChI=1S/C17H19ClN2O2S/c1-2-22-15-10-9-14(18)16(20-15)17(21)19-11-6-12-23-13-7-4-3-5-8-13/h3-5,7-10H,2,6,11-12H2,1H3,(H,19,21). The summed E-state index contributed by atoms with van der Waals surface area (Å²) >= 11 is 7.80. The number of rotatable bonds is 8. The minimum atomic E-state index is -0.277. The summed E-state index contributed by atoms with van der Waals surface area (Å²) in [7, 11) is 0. The van der Waals surface area contributed by atoms with Gasteiger partial charge in [-0.05, 0) is 37.3 Å². The van der Waals surface area contributed by atoms with Crippen molar-refractivity contribution in [2.24, 2.45) is 0 Å². The fraction of sp³-hybridized carbons (Fsp3) is 0.294. The van der Waals surface area contributed by atoms with E-state index in [-0.39, 0.29) is 11.6 Å². The molecule has 0 aliphatic heterocycles. The summed E-state index contributed by atoms with van der Waals surface area (Å²) in [5.74, 6) is 1.06. The first-order chi connectivity index (χ1) is 11.2. The van der Waals surface area contributed by atoms with Gasteiger partial charge in [-0.3, -0.25) is 4.79 Å². The summed E-state index contributed by atoms with van der Waals surface area (Å²) in [5, 5.41) is 3.16. The minimum Gasteiger partial charge on any atom is -0.478 e. The lowest BCUT2D eigenvalue weighted by molar-refractivity contribution is 0.0948. The minimum absolute atomic E-state index is 0.202. The molecule has 0 bridgehead atoms. The van der Waals surface area contributed by atoms with E-state index in [1.807, 2.05) is 25.1 Å². The molecule has 0 radical (unpaired) electrons. The van der Waals surface area contributed by atoms with Crippen LogP contribution in [0.3, 0.4) is 0 Å². The second-order valence-corrected chi connectivity index (χ2v) is 6.26. The molecular weight excluding hydrogens is 332 g/mol. The Morgan fingerprint density at radius 2 is 2.04 bits per heavy atom. The van der Waals surface area contributed by atoms with Crippen molar-refractivity contribution in [1.29, 1.82) is 0 Å². The highest BCUT2D eigenvalue weighted by Crippen LogP contribution is 2.19. The number of nitrogens with one attached hydrogen (secondary N) is 1. The molecule has 0 saturated carbocycles. The summed E-state index contributed by atoms with van der Waals surface area (Å²) in [5.41, 5.74) is 0.202. The Morgan fingerprint density at radius 1 is 1.26 bits per heavy atom. The number of nitrogens with zero attached hydrogens (tertiary/aromatic N) is 1. The van der Waals surface area contributed by atoms with Crippen LogP contribution in [0.4, 0.5) is 0 Å². The van der Waals surface area contributed by atoms with E-state index in [2.05, 4.69) is 22.4 Å². The number of thioether (sulfide) groups is 1. The molecule has 122 valence electrons. The average molecular weight is 351 g/mol. The van der Waals surface area contributed by atoms with Gasteiger partial charge in [-0.25, -0.2) is 4.98 Å². The number of hydrogen-bond donors (Lipinski definition) is 1. The Morgan fingerprint density at radius 3 is 2.78 bits per heavy atom. The molecule has 2 rings (SSSR count). The van der Waals surface area contributed by atoms with Crippen LogP contribution in [-0.4, -0.2) is 29.8 Å². The van der Waals surface area contributed by atoms with Gasteiger partial charge < -0.3 is 10.1 Å². The van der Waals surface area contributed by atoms with Crippen molar-refractivity contribution in [3.63, 3.8) is 0 Å². The van der Waals surface area contributed by atoms with Crippen molar-refractivity contribution in [3.8, 4) is 5.88 Å². The van der Waals surface area contributed by atoms with Crippen LogP contribution >= 0.6 is 23.4 Å². The fourth-order valence-electron chi connectivity index (χ4n) is 1.88. The molecule has 6 heteroatoms. The first-order valence-corrected chi connectivity index (χ1v) is 8.82. The van der Waals surface area contributed by atoms with Crippen molar-refractivity contribution in [2.75, 3.05) is 18.9 Å². The van der Waals surface area contributed by atoms with Crippen molar-refractivity contribution in [1.82, 2.24) is 10.3 Å². The highest BCUT2D eigenvalue weighted by atomic mass is 35.5. The molecule has 0 fully saturated rings. The molecule has 0 aliphatic rings. The monoisotopic (exact) mass is 350 g/mol. The number of ether oxygens (including phenoxy) is 1. The maximum absolute atomic E-state index is 12.1. The van der Waals surface area contributed by atoms with Gasteiger partial charge in [-0.1, -0.05) is 29.8 Å². The zero-order chi connectivity index (χ0) is 16.5. The maximum Gasteiger partial charge on any atom is 0.271 e. The number of benzene rings is 1. The molecule has 0 aliphatic carbocycles. The Balaban J connectivity index is 1.77. The molecule has 1 N–H and O–H groups in total. The largest absolute Gasteiger partial charge is 0.478 e. The Bertz CT molecular complexity index is 638. The summed E-state index contributed by atoms with van der Waals surface area (Å²) in [6.07, 6.45) is 0.869. The van der Waals surface area contributed by atoms with Crippen LogP contribution in [0.25, 0.3) is 0 Å². The van der Waals surface area contributed by atoms with Gasteiger partial charge in [0.05, 0.1) is 11.6 Å². The lowest BCUT2D eigenvalue weighted by Crippen LogP contribution is -2.26. The SMILES string of the molecule is CCOc1ccc(Cl)c(C(=O)NCCCSc2ccccc2)n1. The van der Waals surface area contributed by atoms with E-state index in [0.717, 1.165) is 12.2 Å². The lowest BCUT2D eigenvalue weighted by atomic mass is 10.3. The van der Waals surface area contributed by atoms with Crippen molar-refractivity contribution < 1.29 is 9.53 Å². The Labute approximate surface area is 145 Å². The normalized spacial score (nSPS) is 10.3. The Kier molecular flexibility index (Phi) is 7.23. The molecule has 2 aromatic rings. The third-order valence-electron chi connectivity index (χ3n) is 2.95. The molecule has 0 spiro atoms. The molecule has 0 atom stereocenters. The summed E-state index contributed by atoms with van der Waals surface area (Å²) in [6.45, 7) is 2.93. The van der Waals surface area contributed by atoms with Crippen LogP contribution < -0.4 is 10.1 Å². The molecule has 0 saturated heterocycles. The van der Waals surface area contributed by atoms with Gasteiger partial charge in [-0.15, -0.1) is 11.8 Å². The zero-order valence-electron chi connectivity index (χ0n) is 12.9. The number of amides is 1. The van der Waals surface area contributed by atoms with Crippen LogP contribution in [-0.2, 0) is 0 Å². The molecule has 1 aromatic heterocycles. The van der Waals surface area contributed by atoms with Crippen molar-refractivity contribution in [3.05, 3.63) is 53.2 Å². The molecule has 0 unspecified atom stereocenters. The third-order valence-corrected chi connectivity index (χ3v) is 4.35. The average Bonchev–Trinajstić information content (AvgIpc) is 2.57. The van der Waals surface area contributed by atoms with Gasteiger partial charge in [0.25, 0.3) is 5.91 Å². The molecule has 23 heavy (non-hydrogen) atoms. The van der Waals surface area contributed by atoms with E-state index in [9.17, 15) is 4.79 Å². The molecule has 1 amide bonds. The molecular formula is C17H19ClN2O2S. The number of carbonyl (C=O) groups excluding carboxylic acids is 1. The van der Waals surface area contributed by atoms with Crippen LogP contribution in [0.2, 0.25) is 5.02 Å². The lowest BCUT2D eigenvalue weighted by Gasteiger charge is -2.08. The second-order valence-electron chi connectivity index (χ2n) is 4.68. The highest BCUT2D eigenvalue weighted by molar-refractivity contribution is 7.99. The van der Waals surface area contributed by atoms with Gasteiger partial charge in [0.1, 0.15) is 0 Å². The maximum atomic E-state index is 12.1. The quantitative estimate of drug-likeness (QED) is 0.576. The van der Waals surface area contributed by atoms with Gasteiger partial charge in [0, 0.05) is 17.5 Å². The third kappa shape index (κ3) is 5.77. The van der Waals surface area contributed by atoms with Crippen LogP contribution in [0.5, 0.6) is 5.88 Å². The summed E-state index contributed by atoms with van der Waals surface area (Å²) in [4.78, 5) is 17.5. The zero-order valence-corrected chi connectivity index (χ0v) is 14.5. The fourth-order valence-corrected chi connectivity index (χ4v) is 2.94. The number of hydrogen-bond acceptors (Lipinski definition) is 4. The number of pyridine rings is 1. The van der Waals surface area contributed by atoms with E-state index in [0.29, 0.717) is 24.1 Å². The predicted molar refractivity (Wildman–Crippen MR) is 94.5 cm³/mol. The van der Waals surface area contributed by atoms with Gasteiger partial charge in [0.2, 0.25) is 5.88 Å². The van der Waals surface area contributed by atoms with E-state index in [1.165, 1.54) is 4.90 Å². The Hall–Kier alpha value is -1.72. The summed E-state index contributed by atoms with van der Waals surface area (Å²) < 4.78 is 5.29. The van der Waals surface area contributed by atoms with Crippen LogP contribution in [0.1, 0.15) is 23.8 Å². The van der Waals surface area contributed by atoms with E-state index >= 15 is 0 Å². The predicted octanol–water partition coefficient (Wildman–Crippen LogP) is 4.05. The topological polar surface area (TPSA) is 51.2 Å². The van der Waals surface area contributed by atoms with Crippen molar-refractivity contribution >= 4 is 29.3 Å². The van der Waals surface area contributed by atoms with E-state index in [4.69, 9.17) is 16.3 Å². The molecule has 1 heterocycles. The van der Waals surface area contributed by atoms with Gasteiger partial charge in [-0.2, -0.15) is 0 Å². The second kappa shape index (κ2) is 9.43. The number of halogens is 1.